The first kappa shape index (κ1) is 18.0. The van der Waals surface area contributed by atoms with E-state index in [4.69, 9.17) is 16.3 Å². The number of hydrogen-bond donors (Lipinski definition) is 1. The lowest BCUT2D eigenvalue weighted by atomic mass is 10.1. The third-order valence-corrected chi connectivity index (χ3v) is 4.30. The molecule has 0 saturated carbocycles. The Morgan fingerprint density at radius 3 is 2.50 bits per heavy atom. The number of benzene rings is 2. The predicted octanol–water partition coefficient (Wildman–Crippen LogP) is 4.46. The Kier molecular flexibility index (Phi) is 5.28. The van der Waals surface area contributed by atoms with Gasteiger partial charge in [0.1, 0.15) is 5.75 Å². The van der Waals surface area contributed by atoms with Gasteiger partial charge >= 0.3 is 0 Å². The van der Waals surface area contributed by atoms with Crippen molar-refractivity contribution in [1.82, 2.24) is 9.78 Å². The zero-order chi connectivity index (χ0) is 18.7. The van der Waals surface area contributed by atoms with Crippen LogP contribution >= 0.6 is 11.6 Å². The van der Waals surface area contributed by atoms with Crippen LogP contribution in [-0.4, -0.2) is 22.8 Å². The van der Waals surface area contributed by atoms with Gasteiger partial charge in [-0.25, -0.2) is 0 Å². The Bertz CT molecular complexity index is 933. The first-order valence-corrected chi connectivity index (χ1v) is 8.59. The second-order valence-corrected chi connectivity index (χ2v) is 6.52. The number of rotatable bonds is 5. The molecule has 1 N–H and O–H groups in total. The summed E-state index contributed by atoms with van der Waals surface area (Å²) < 4.78 is 7.20. The highest BCUT2D eigenvalue weighted by atomic mass is 35.5. The number of halogens is 1. The molecule has 0 fully saturated rings. The number of ether oxygens (including phenoxy) is 1. The topological polar surface area (TPSA) is 56.1 Å². The summed E-state index contributed by atoms with van der Waals surface area (Å²) in [5.41, 5.74) is 4.28. The van der Waals surface area contributed by atoms with Crippen molar-refractivity contribution in [2.24, 2.45) is 0 Å². The van der Waals surface area contributed by atoms with Crippen LogP contribution in [0.1, 0.15) is 27.3 Å². The van der Waals surface area contributed by atoms with E-state index in [1.807, 2.05) is 36.7 Å². The lowest BCUT2D eigenvalue weighted by Crippen LogP contribution is -2.13. The molecule has 6 heteroatoms. The summed E-state index contributed by atoms with van der Waals surface area (Å²) in [7, 11) is 1.55. The molecule has 3 rings (SSSR count). The number of amides is 1. The molecule has 0 aliphatic carbocycles. The Hall–Kier alpha value is -2.79. The van der Waals surface area contributed by atoms with E-state index in [0.717, 1.165) is 17.0 Å². The molecular weight excluding hydrogens is 350 g/mol. The lowest BCUT2D eigenvalue weighted by Gasteiger charge is -2.11. The number of methoxy groups -OCH3 is 1. The number of carbonyl (C=O) groups excluding carboxylic acids is 1. The summed E-state index contributed by atoms with van der Waals surface area (Å²) >= 11 is 6.00. The van der Waals surface area contributed by atoms with Gasteiger partial charge in [-0.1, -0.05) is 23.7 Å². The lowest BCUT2D eigenvalue weighted by molar-refractivity contribution is 0.102. The van der Waals surface area contributed by atoms with Crippen molar-refractivity contribution < 1.29 is 9.53 Å². The van der Waals surface area contributed by atoms with Crippen LogP contribution in [-0.2, 0) is 6.54 Å². The van der Waals surface area contributed by atoms with Crippen molar-refractivity contribution in [3.63, 3.8) is 0 Å². The summed E-state index contributed by atoms with van der Waals surface area (Å²) in [4.78, 5) is 12.5. The number of aryl methyl sites for hydroxylation is 2. The molecule has 5 nitrogen and oxygen atoms in total. The van der Waals surface area contributed by atoms with Crippen LogP contribution in [0, 0.1) is 13.8 Å². The van der Waals surface area contributed by atoms with Crippen LogP contribution in [0.25, 0.3) is 0 Å². The van der Waals surface area contributed by atoms with E-state index in [-0.39, 0.29) is 5.91 Å². The fourth-order valence-electron chi connectivity index (χ4n) is 2.74. The highest BCUT2D eigenvalue weighted by Crippen LogP contribution is 2.28. The maximum atomic E-state index is 12.5. The van der Waals surface area contributed by atoms with Gasteiger partial charge in [0.25, 0.3) is 5.91 Å². The second-order valence-electron chi connectivity index (χ2n) is 6.08. The van der Waals surface area contributed by atoms with Crippen LogP contribution in [0.4, 0.5) is 5.69 Å². The summed E-state index contributed by atoms with van der Waals surface area (Å²) in [6, 6.07) is 14.6. The van der Waals surface area contributed by atoms with Crippen LogP contribution in [0.5, 0.6) is 5.75 Å². The largest absolute Gasteiger partial charge is 0.495 e. The van der Waals surface area contributed by atoms with Crippen LogP contribution in [0.15, 0.2) is 48.5 Å². The second kappa shape index (κ2) is 7.62. The summed E-state index contributed by atoms with van der Waals surface area (Å²) in [5.74, 6) is 0.340. The highest BCUT2D eigenvalue weighted by molar-refractivity contribution is 6.31. The minimum absolute atomic E-state index is 0.219. The Morgan fingerprint density at radius 1 is 1.15 bits per heavy atom. The molecule has 0 atom stereocenters. The maximum absolute atomic E-state index is 12.5. The van der Waals surface area contributed by atoms with Gasteiger partial charge in [0, 0.05) is 16.3 Å². The van der Waals surface area contributed by atoms with Crippen molar-refractivity contribution in [3.8, 4) is 5.75 Å². The van der Waals surface area contributed by atoms with Crippen molar-refractivity contribution in [2.75, 3.05) is 12.4 Å². The van der Waals surface area contributed by atoms with Gasteiger partial charge in [0.2, 0.25) is 0 Å². The van der Waals surface area contributed by atoms with Gasteiger partial charge in [-0.05, 0) is 55.8 Å². The molecule has 26 heavy (non-hydrogen) atoms. The van der Waals surface area contributed by atoms with Crippen molar-refractivity contribution in [2.45, 2.75) is 20.4 Å². The van der Waals surface area contributed by atoms with Crippen LogP contribution < -0.4 is 10.1 Å². The number of anilines is 1. The predicted molar refractivity (Wildman–Crippen MR) is 103 cm³/mol. The zero-order valence-electron chi connectivity index (χ0n) is 14.9. The minimum atomic E-state index is -0.219. The molecule has 1 aromatic heterocycles. The molecule has 1 heterocycles. The van der Waals surface area contributed by atoms with Crippen molar-refractivity contribution in [1.29, 1.82) is 0 Å². The quantitative estimate of drug-likeness (QED) is 0.722. The average Bonchev–Trinajstić information content (AvgIpc) is 2.93. The van der Waals surface area contributed by atoms with E-state index in [2.05, 4.69) is 10.4 Å². The standard InChI is InChI=1S/C20H20ClN3O2/c1-13-10-14(2)24(23-13)12-15-4-6-16(7-5-15)20(25)22-18-11-17(21)8-9-19(18)26-3/h4-11H,12H2,1-3H3,(H,22,25). The number of nitrogens with one attached hydrogen (secondary N) is 1. The zero-order valence-corrected chi connectivity index (χ0v) is 15.7. The SMILES string of the molecule is COc1ccc(Cl)cc1NC(=O)c1ccc(Cn2nc(C)cc2C)cc1. The van der Waals surface area contributed by atoms with Gasteiger partial charge in [0.05, 0.1) is 25.0 Å². The van der Waals surface area contributed by atoms with Crippen LogP contribution in [0.3, 0.4) is 0 Å². The Labute approximate surface area is 157 Å². The monoisotopic (exact) mass is 369 g/mol. The summed E-state index contributed by atoms with van der Waals surface area (Å²) in [5, 5.41) is 7.82. The average molecular weight is 370 g/mol. The number of hydrogen-bond acceptors (Lipinski definition) is 3. The van der Waals surface area contributed by atoms with Crippen LogP contribution in [0.2, 0.25) is 5.02 Å². The normalized spacial score (nSPS) is 10.6. The number of carbonyl (C=O) groups is 1. The van der Waals surface area contributed by atoms with Gasteiger partial charge < -0.3 is 10.1 Å². The molecule has 0 radical (unpaired) electrons. The van der Waals surface area contributed by atoms with E-state index < -0.39 is 0 Å². The van der Waals surface area contributed by atoms with E-state index in [1.165, 1.54) is 0 Å². The first-order chi connectivity index (χ1) is 12.5. The van der Waals surface area contributed by atoms with Gasteiger partial charge in [0.15, 0.2) is 0 Å². The van der Waals surface area contributed by atoms with Gasteiger partial charge in [-0.15, -0.1) is 0 Å². The van der Waals surface area contributed by atoms with E-state index >= 15 is 0 Å². The van der Waals surface area contributed by atoms with E-state index in [9.17, 15) is 4.79 Å². The molecule has 2 aromatic carbocycles. The molecular formula is C20H20ClN3O2. The molecule has 3 aromatic rings. The van der Waals surface area contributed by atoms with E-state index in [0.29, 0.717) is 28.6 Å². The fourth-order valence-corrected chi connectivity index (χ4v) is 2.91. The Morgan fingerprint density at radius 2 is 1.88 bits per heavy atom. The maximum Gasteiger partial charge on any atom is 0.255 e. The molecule has 1 amide bonds. The minimum Gasteiger partial charge on any atom is -0.495 e. The van der Waals surface area contributed by atoms with E-state index in [1.54, 1.807) is 37.4 Å². The fraction of sp³-hybridized carbons (Fsp3) is 0.200. The number of nitrogens with zero attached hydrogens (tertiary/aromatic N) is 2. The van der Waals surface area contributed by atoms with Crippen molar-refractivity contribution in [3.05, 3.63) is 76.1 Å². The third-order valence-electron chi connectivity index (χ3n) is 4.06. The summed E-state index contributed by atoms with van der Waals surface area (Å²) in [6.07, 6.45) is 0. The molecule has 0 bridgehead atoms. The molecule has 0 saturated heterocycles. The van der Waals surface area contributed by atoms with Gasteiger partial charge in [-0.3, -0.25) is 9.48 Å². The van der Waals surface area contributed by atoms with Crippen molar-refractivity contribution >= 4 is 23.2 Å². The smallest absolute Gasteiger partial charge is 0.255 e. The molecule has 0 aliphatic heterocycles. The molecule has 134 valence electrons. The third kappa shape index (κ3) is 4.06. The first-order valence-electron chi connectivity index (χ1n) is 8.21. The van der Waals surface area contributed by atoms with Gasteiger partial charge in [-0.2, -0.15) is 5.10 Å². The highest BCUT2D eigenvalue weighted by Gasteiger charge is 2.11. The molecule has 0 unspecified atom stereocenters. The molecule has 0 spiro atoms. The number of aromatic nitrogens is 2. The Balaban J connectivity index is 1.73. The molecule has 0 aliphatic rings. The summed E-state index contributed by atoms with van der Waals surface area (Å²) in [6.45, 7) is 4.67.